The molecule has 0 aromatic heterocycles. The van der Waals surface area contributed by atoms with E-state index in [0.717, 1.165) is 5.76 Å². The molecular weight excluding hydrogens is 136 g/mol. The van der Waals surface area contributed by atoms with Gasteiger partial charge in [-0.2, -0.15) is 0 Å². The van der Waals surface area contributed by atoms with Crippen LogP contribution in [-0.4, -0.2) is 10.1 Å². The molecule has 1 rings (SSSR count). The van der Waals surface area contributed by atoms with E-state index < -0.39 is 10.8 Å². The highest BCUT2D eigenvalue weighted by Crippen LogP contribution is 2.09. The molecule has 0 spiro atoms. The van der Waals surface area contributed by atoms with Crippen LogP contribution in [0.4, 0.5) is 0 Å². The zero-order valence-electron chi connectivity index (χ0n) is 5.16. The predicted molar refractivity (Wildman–Crippen MR) is 37.0 cm³/mol. The Kier molecular flexibility index (Phi) is 2.05. The molecule has 50 valence electrons. The zero-order chi connectivity index (χ0) is 6.69. The van der Waals surface area contributed by atoms with E-state index in [2.05, 4.69) is 0 Å². The topological polar surface area (TPSA) is 26.3 Å². The lowest BCUT2D eigenvalue weighted by molar-refractivity contribution is 0.293. The highest BCUT2D eigenvalue weighted by atomic mass is 32.2. The molecule has 1 aliphatic rings. The standard InChI is InChI=1S/C6H8O2S/c1-2-3-6-4-9(7)5-8-6/h2-4H,5H2,1H3/b3-2+. The summed E-state index contributed by atoms with van der Waals surface area (Å²) in [7, 11) is -0.890. The summed E-state index contributed by atoms with van der Waals surface area (Å²) in [4.78, 5) is 0. The highest BCUT2D eigenvalue weighted by Gasteiger charge is 2.07. The summed E-state index contributed by atoms with van der Waals surface area (Å²) in [5.41, 5.74) is 0. The summed E-state index contributed by atoms with van der Waals surface area (Å²) in [6.45, 7) is 1.89. The molecule has 0 aromatic rings. The van der Waals surface area contributed by atoms with Crippen molar-refractivity contribution in [2.45, 2.75) is 6.92 Å². The minimum Gasteiger partial charge on any atom is -0.479 e. The van der Waals surface area contributed by atoms with Crippen LogP contribution in [0.3, 0.4) is 0 Å². The third-order valence-corrected chi connectivity index (χ3v) is 1.77. The van der Waals surface area contributed by atoms with Gasteiger partial charge in [-0.15, -0.1) is 0 Å². The van der Waals surface area contributed by atoms with Crippen molar-refractivity contribution in [3.05, 3.63) is 23.3 Å². The first-order valence-corrected chi connectivity index (χ1v) is 4.05. The fourth-order valence-electron chi connectivity index (χ4n) is 0.575. The SMILES string of the molecule is C/C=C/C1=CS(=O)CO1. The fraction of sp³-hybridized carbons (Fsp3) is 0.333. The van der Waals surface area contributed by atoms with Gasteiger partial charge in [0.2, 0.25) is 0 Å². The second-order valence-corrected chi connectivity index (χ2v) is 2.90. The van der Waals surface area contributed by atoms with Gasteiger partial charge in [-0.05, 0) is 13.0 Å². The lowest BCUT2D eigenvalue weighted by Crippen LogP contribution is -1.85. The summed E-state index contributed by atoms with van der Waals surface area (Å²) in [6, 6.07) is 0. The molecule has 0 radical (unpaired) electrons. The molecule has 1 unspecified atom stereocenters. The van der Waals surface area contributed by atoms with Crippen LogP contribution in [0.25, 0.3) is 0 Å². The summed E-state index contributed by atoms with van der Waals surface area (Å²) in [5, 5.41) is 1.61. The highest BCUT2D eigenvalue weighted by molar-refractivity contribution is 7.88. The molecule has 9 heavy (non-hydrogen) atoms. The molecule has 0 N–H and O–H groups in total. The summed E-state index contributed by atoms with van der Waals surface area (Å²) < 4.78 is 15.6. The fourth-order valence-corrected chi connectivity index (χ4v) is 1.30. The maximum atomic E-state index is 10.6. The molecule has 0 saturated heterocycles. The molecule has 1 heterocycles. The Labute approximate surface area is 56.7 Å². The quantitative estimate of drug-likeness (QED) is 0.551. The van der Waals surface area contributed by atoms with Gasteiger partial charge in [0.05, 0.1) is 10.8 Å². The molecule has 0 fully saturated rings. The van der Waals surface area contributed by atoms with Crippen molar-refractivity contribution in [1.82, 2.24) is 0 Å². The molecular formula is C6H8O2S. The van der Waals surface area contributed by atoms with Gasteiger partial charge in [0.15, 0.2) is 5.94 Å². The Morgan fingerprint density at radius 3 is 3.11 bits per heavy atom. The van der Waals surface area contributed by atoms with E-state index in [0.29, 0.717) is 5.94 Å². The van der Waals surface area contributed by atoms with Gasteiger partial charge in [-0.3, -0.25) is 4.21 Å². The van der Waals surface area contributed by atoms with E-state index in [1.54, 1.807) is 11.5 Å². The van der Waals surface area contributed by atoms with Crippen molar-refractivity contribution < 1.29 is 8.95 Å². The molecule has 0 saturated carbocycles. The third kappa shape index (κ3) is 1.68. The second kappa shape index (κ2) is 2.82. The van der Waals surface area contributed by atoms with Crippen LogP contribution in [0.2, 0.25) is 0 Å². The molecule has 0 bridgehead atoms. The van der Waals surface area contributed by atoms with E-state index in [1.165, 1.54) is 0 Å². The Morgan fingerprint density at radius 1 is 1.89 bits per heavy atom. The van der Waals surface area contributed by atoms with Gasteiger partial charge in [-0.25, -0.2) is 0 Å². The molecule has 1 aliphatic heterocycles. The molecule has 1 atom stereocenters. The van der Waals surface area contributed by atoms with Crippen molar-refractivity contribution in [2.75, 3.05) is 5.94 Å². The molecule has 0 aromatic carbocycles. The zero-order valence-corrected chi connectivity index (χ0v) is 5.98. The number of ether oxygens (including phenoxy) is 1. The number of allylic oxidation sites excluding steroid dienone is 2. The summed E-state index contributed by atoms with van der Waals surface area (Å²) >= 11 is 0. The summed E-state index contributed by atoms with van der Waals surface area (Å²) in [6.07, 6.45) is 3.65. The van der Waals surface area contributed by atoms with Gasteiger partial charge < -0.3 is 4.74 Å². The van der Waals surface area contributed by atoms with Crippen molar-refractivity contribution in [3.8, 4) is 0 Å². The summed E-state index contributed by atoms with van der Waals surface area (Å²) in [5.74, 6) is 1.04. The largest absolute Gasteiger partial charge is 0.479 e. The normalized spacial score (nSPS) is 26.3. The Balaban J connectivity index is 2.62. The first-order valence-electron chi connectivity index (χ1n) is 2.67. The monoisotopic (exact) mass is 144 g/mol. The number of rotatable bonds is 1. The molecule has 0 amide bonds. The van der Waals surface area contributed by atoms with E-state index in [9.17, 15) is 4.21 Å². The van der Waals surface area contributed by atoms with Crippen LogP contribution in [0, 0.1) is 0 Å². The van der Waals surface area contributed by atoms with Crippen LogP contribution in [0.1, 0.15) is 6.92 Å². The number of hydrogen-bond acceptors (Lipinski definition) is 2. The van der Waals surface area contributed by atoms with Gasteiger partial charge in [0.25, 0.3) is 0 Å². The lowest BCUT2D eigenvalue weighted by atomic mass is 10.5. The number of hydrogen-bond donors (Lipinski definition) is 0. The van der Waals surface area contributed by atoms with E-state index in [1.807, 2.05) is 13.0 Å². The Hall–Kier alpha value is -0.570. The molecule has 0 aliphatic carbocycles. The average Bonchev–Trinajstić information content (AvgIpc) is 2.17. The second-order valence-electron chi connectivity index (χ2n) is 1.66. The minimum atomic E-state index is -0.890. The van der Waals surface area contributed by atoms with Crippen LogP contribution >= 0.6 is 0 Å². The first-order chi connectivity index (χ1) is 4.33. The lowest BCUT2D eigenvalue weighted by Gasteiger charge is -1.90. The van der Waals surface area contributed by atoms with Crippen molar-refractivity contribution in [3.63, 3.8) is 0 Å². The Bertz CT molecular complexity index is 181. The van der Waals surface area contributed by atoms with Crippen molar-refractivity contribution in [1.29, 1.82) is 0 Å². The average molecular weight is 144 g/mol. The van der Waals surface area contributed by atoms with Crippen molar-refractivity contribution >= 4 is 10.8 Å². The molecule has 2 nitrogen and oxygen atoms in total. The molecule has 3 heteroatoms. The first kappa shape index (κ1) is 6.55. The van der Waals surface area contributed by atoms with E-state index >= 15 is 0 Å². The van der Waals surface area contributed by atoms with Gasteiger partial charge in [0, 0.05) is 5.41 Å². The van der Waals surface area contributed by atoms with Crippen molar-refractivity contribution in [2.24, 2.45) is 0 Å². The van der Waals surface area contributed by atoms with Crippen LogP contribution < -0.4 is 0 Å². The maximum Gasteiger partial charge on any atom is 0.167 e. The van der Waals surface area contributed by atoms with E-state index in [-0.39, 0.29) is 0 Å². The van der Waals surface area contributed by atoms with Crippen LogP contribution in [-0.2, 0) is 15.5 Å². The van der Waals surface area contributed by atoms with Gasteiger partial charge >= 0.3 is 0 Å². The Morgan fingerprint density at radius 2 is 2.67 bits per heavy atom. The maximum absolute atomic E-state index is 10.6. The van der Waals surface area contributed by atoms with Gasteiger partial charge in [-0.1, -0.05) is 6.08 Å². The van der Waals surface area contributed by atoms with Crippen LogP contribution in [0.5, 0.6) is 0 Å². The van der Waals surface area contributed by atoms with Gasteiger partial charge in [0.1, 0.15) is 5.76 Å². The van der Waals surface area contributed by atoms with Crippen LogP contribution in [0.15, 0.2) is 23.3 Å². The minimum absolute atomic E-state index is 0.319. The van der Waals surface area contributed by atoms with E-state index in [4.69, 9.17) is 4.74 Å². The predicted octanol–water partition coefficient (Wildman–Crippen LogP) is 1.14. The third-order valence-electron chi connectivity index (χ3n) is 0.920. The smallest absolute Gasteiger partial charge is 0.167 e.